The number of rotatable bonds is 6. The van der Waals surface area contributed by atoms with Gasteiger partial charge >= 0.3 is 5.97 Å². The second-order valence-electron chi connectivity index (χ2n) is 6.61. The number of aliphatic hydroxyl groups is 1. The molecule has 0 aliphatic heterocycles. The fraction of sp³-hybridized carbons (Fsp3) is 0.0833. The van der Waals surface area contributed by atoms with E-state index in [2.05, 4.69) is 6.58 Å². The van der Waals surface area contributed by atoms with Gasteiger partial charge in [-0.2, -0.15) is 0 Å². The average Bonchev–Trinajstić information content (AvgIpc) is 2.78. The fourth-order valence-electron chi connectivity index (χ4n) is 2.87. The highest BCUT2D eigenvalue weighted by Gasteiger charge is 2.18. The average molecular weight is 403 g/mol. The Labute approximate surface area is 174 Å². The van der Waals surface area contributed by atoms with Crippen molar-refractivity contribution >= 4 is 17.6 Å². The second kappa shape index (κ2) is 9.07. The lowest BCUT2D eigenvalue weighted by Crippen LogP contribution is -2.24. The minimum atomic E-state index is -0.982. The maximum absolute atomic E-state index is 12.5. The zero-order chi connectivity index (χ0) is 21.7. The van der Waals surface area contributed by atoms with Gasteiger partial charge in [0, 0.05) is 18.8 Å². The van der Waals surface area contributed by atoms with E-state index in [9.17, 15) is 19.8 Å². The number of aliphatic hydroxyl groups excluding tert-OH is 1. The zero-order valence-electron chi connectivity index (χ0n) is 16.4. The van der Waals surface area contributed by atoms with Crippen molar-refractivity contribution < 1.29 is 24.5 Å². The Morgan fingerprint density at radius 1 is 1.00 bits per heavy atom. The summed E-state index contributed by atoms with van der Waals surface area (Å²) in [6.45, 7) is 3.48. The third kappa shape index (κ3) is 4.74. The number of carbonyl (C=O) groups is 2. The van der Waals surface area contributed by atoms with Crippen molar-refractivity contribution in [2.45, 2.75) is 6.10 Å². The van der Waals surface area contributed by atoms with Crippen molar-refractivity contribution in [3.8, 4) is 11.5 Å². The molecule has 6 nitrogen and oxygen atoms in total. The molecule has 1 amide bonds. The van der Waals surface area contributed by atoms with Crippen LogP contribution in [-0.4, -0.2) is 29.1 Å². The molecule has 3 rings (SSSR count). The van der Waals surface area contributed by atoms with Gasteiger partial charge in [-0.1, -0.05) is 36.9 Å². The summed E-state index contributed by atoms with van der Waals surface area (Å²) in [6.07, 6.45) is 0.187. The first-order valence-corrected chi connectivity index (χ1v) is 9.18. The van der Waals surface area contributed by atoms with E-state index < -0.39 is 12.1 Å². The molecule has 1 atom stereocenters. The Bertz CT molecular complexity index is 1060. The molecule has 2 N–H and O–H groups in total. The number of anilines is 1. The summed E-state index contributed by atoms with van der Waals surface area (Å²) in [7, 11) is 1.56. The van der Waals surface area contributed by atoms with Gasteiger partial charge in [0.1, 0.15) is 17.6 Å². The fourth-order valence-corrected chi connectivity index (χ4v) is 2.87. The van der Waals surface area contributed by atoms with Crippen molar-refractivity contribution in [1.82, 2.24) is 0 Å². The van der Waals surface area contributed by atoms with E-state index in [1.807, 2.05) is 18.2 Å². The maximum atomic E-state index is 12.5. The molecule has 0 fully saturated rings. The Balaban J connectivity index is 1.98. The van der Waals surface area contributed by atoms with Crippen molar-refractivity contribution in [3.63, 3.8) is 0 Å². The highest BCUT2D eigenvalue weighted by molar-refractivity contribution is 6.01. The highest BCUT2D eigenvalue weighted by atomic mass is 16.5. The molecule has 0 saturated carbocycles. The van der Waals surface area contributed by atoms with Gasteiger partial charge in [0.15, 0.2) is 0 Å². The first kappa shape index (κ1) is 20.8. The van der Waals surface area contributed by atoms with E-state index in [0.29, 0.717) is 16.8 Å². The number of likely N-dealkylation sites (N-methyl/N-ethyl adjacent to an activating group) is 1. The van der Waals surface area contributed by atoms with Gasteiger partial charge in [-0.15, -0.1) is 0 Å². The molecule has 3 aromatic carbocycles. The molecule has 6 heteroatoms. The number of carbonyl (C=O) groups excluding carboxylic acids is 2. The van der Waals surface area contributed by atoms with E-state index >= 15 is 0 Å². The number of esters is 1. The Morgan fingerprint density at radius 3 is 2.30 bits per heavy atom. The van der Waals surface area contributed by atoms with Crippen LogP contribution in [0.4, 0.5) is 5.69 Å². The predicted octanol–water partition coefficient (Wildman–Crippen LogP) is 3.84. The van der Waals surface area contributed by atoms with Gasteiger partial charge in [-0.25, -0.2) is 4.79 Å². The van der Waals surface area contributed by atoms with Crippen molar-refractivity contribution in [2.75, 3.05) is 11.9 Å². The summed E-state index contributed by atoms with van der Waals surface area (Å²) in [4.78, 5) is 25.9. The van der Waals surface area contributed by atoms with Gasteiger partial charge < -0.3 is 19.8 Å². The predicted molar refractivity (Wildman–Crippen MR) is 114 cm³/mol. The number of nitrogens with zero attached hydrogens (tertiary/aromatic N) is 1. The van der Waals surface area contributed by atoms with Crippen LogP contribution in [0.1, 0.15) is 27.6 Å². The molecule has 0 aromatic heterocycles. The number of hydrogen-bond acceptors (Lipinski definition) is 5. The van der Waals surface area contributed by atoms with Crippen LogP contribution in [0.3, 0.4) is 0 Å². The summed E-state index contributed by atoms with van der Waals surface area (Å²) in [5.74, 6) is -0.784. The molecule has 1 unspecified atom stereocenters. The van der Waals surface area contributed by atoms with Crippen LogP contribution in [0.5, 0.6) is 11.5 Å². The quantitative estimate of drug-likeness (QED) is 0.371. The van der Waals surface area contributed by atoms with Crippen LogP contribution >= 0.6 is 0 Å². The normalized spacial score (nSPS) is 11.4. The summed E-state index contributed by atoms with van der Waals surface area (Å²) in [5.41, 5.74) is 1.79. The van der Waals surface area contributed by atoms with Crippen LogP contribution in [0.25, 0.3) is 0 Å². The van der Waals surface area contributed by atoms with Crippen LogP contribution in [0, 0.1) is 0 Å². The molecule has 0 radical (unpaired) electrons. The zero-order valence-corrected chi connectivity index (χ0v) is 16.4. The van der Waals surface area contributed by atoms with E-state index in [1.165, 1.54) is 41.3 Å². The Hall–Kier alpha value is -3.90. The maximum Gasteiger partial charge on any atom is 0.343 e. The van der Waals surface area contributed by atoms with Crippen molar-refractivity contribution in [3.05, 3.63) is 102 Å². The van der Waals surface area contributed by atoms with Crippen molar-refractivity contribution in [1.29, 1.82) is 0 Å². The third-order valence-electron chi connectivity index (χ3n) is 4.55. The van der Waals surface area contributed by atoms with E-state index in [-0.39, 0.29) is 23.0 Å². The molecule has 3 aromatic rings. The standard InChI is InChI=1S/C24H21NO5/c1-3-22(27)25(2)19-13-18(23(28)16-7-5-4-6-8-16)14-21(15-19)30-24(29)17-9-11-20(26)12-10-17/h3-15,23,26,28H,1H2,2H3. The van der Waals surface area contributed by atoms with Crippen LogP contribution in [0.2, 0.25) is 0 Å². The summed E-state index contributed by atoms with van der Waals surface area (Å²) in [5, 5.41) is 20.2. The third-order valence-corrected chi connectivity index (χ3v) is 4.55. The molecule has 0 aliphatic rings. The Kier molecular flexibility index (Phi) is 6.29. The number of aromatic hydroxyl groups is 1. The SMILES string of the molecule is C=CC(=O)N(C)c1cc(OC(=O)c2ccc(O)cc2)cc(C(O)c2ccccc2)c1. The number of hydrogen-bond donors (Lipinski definition) is 2. The van der Waals surface area contributed by atoms with Gasteiger partial charge in [0.05, 0.1) is 5.56 Å². The van der Waals surface area contributed by atoms with Gasteiger partial charge in [-0.3, -0.25) is 4.79 Å². The number of amides is 1. The van der Waals surface area contributed by atoms with Crippen LogP contribution < -0.4 is 9.64 Å². The summed E-state index contributed by atoms with van der Waals surface area (Å²) < 4.78 is 5.48. The minimum absolute atomic E-state index is 0.0337. The molecule has 152 valence electrons. The number of phenols is 1. The molecule has 0 heterocycles. The summed E-state index contributed by atoms with van der Waals surface area (Å²) in [6, 6.07) is 19.4. The molecular formula is C24H21NO5. The van der Waals surface area contributed by atoms with Gasteiger partial charge in [-0.05, 0) is 53.6 Å². The van der Waals surface area contributed by atoms with Crippen LogP contribution in [-0.2, 0) is 4.79 Å². The van der Waals surface area contributed by atoms with Gasteiger partial charge in [0.25, 0.3) is 0 Å². The molecule has 0 saturated heterocycles. The smallest absolute Gasteiger partial charge is 0.343 e. The molecule has 0 spiro atoms. The largest absolute Gasteiger partial charge is 0.508 e. The molecule has 0 aliphatic carbocycles. The van der Waals surface area contributed by atoms with E-state index in [4.69, 9.17) is 4.74 Å². The molecular weight excluding hydrogens is 382 g/mol. The first-order valence-electron chi connectivity index (χ1n) is 9.18. The first-order chi connectivity index (χ1) is 14.4. The lowest BCUT2D eigenvalue weighted by atomic mass is 10.0. The van der Waals surface area contributed by atoms with Gasteiger partial charge in [0.2, 0.25) is 5.91 Å². The lowest BCUT2D eigenvalue weighted by Gasteiger charge is -2.20. The Morgan fingerprint density at radius 2 is 1.67 bits per heavy atom. The molecule has 0 bridgehead atoms. The van der Waals surface area contributed by atoms with E-state index in [0.717, 1.165) is 0 Å². The van der Waals surface area contributed by atoms with Crippen molar-refractivity contribution in [2.24, 2.45) is 0 Å². The highest BCUT2D eigenvalue weighted by Crippen LogP contribution is 2.31. The number of ether oxygens (including phenoxy) is 1. The lowest BCUT2D eigenvalue weighted by molar-refractivity contribution is -0.113. The van der Waals surface area contributed by atoms with Crippen LogP contribution in [0.15, 0.2) is 85.5 Å². The number of phenolic OH excluding ortho intramolecular Hbond substituents is 1. The topological polar surface area (TPSA) is 87.1 Å². The monoisotopic (exact) mass is 403 g/mol. The molecule has 30 heavy (non-hydrogen) atoms. The van der Waals surface area contributed by atoms with E-state index in [1.54, 1.807) is 31.3 Å². The minimum Gasteiger partial charge on any atom is -0.508 e. The second-order valence-corrected chi connectivity index (χ2v) is 6.61. The summed E-state index contributed by atoms with van der Waals surface area (Å²) >= 11 is 0. The number of benzene rings is 3.